The predicted molar refractivity (Wildman–Crippen MR) is 101 cm³/mol. The summed E-state index contributed by atoms with van der Waals surface area (Å²) >= 11 is 1.49. The van der Waals surface area contributed by atoms with Gasteiger partial charge in [0.15, 0.2) is 0 Å². The summed E-state index contributed by atoms with van der Waals surface area (Å²) in [5.41, 5.74) is 0.376. The molecule has 1 saturated heterocycles. The summed E-state index contributed by atoms with van der Waals surface area (Å²) in [7, 11) is -3.68. The molecule has 0 spiro atoms. The summed E-state index contributed by atoms with van der Waals surface area (Å²) in [5, 5.41) is 1.90. The van der Waals surface area contributed by atoms with Crippen LogP contribution in [0, 0.1) is 0 Å². The maximum atomic E-state index is 12.7. The van der Waals surface area contributed by atoms with Crippen LogP contribution in [0.3, 0.4) is 0 Å². The molecule has 1 atom stereocenters. The highest BCUT2D eigenvalue weighted by atomic mass is 32.2. The first-order valence-corrected chi connectivity index (χ1v) is 10.9. The summed E-state index contributed by atoms with van der Waals surface area (Å²) in [6.45, 7) is 3.81. The number of thiophene rings is 1. The Balaban J connectivity index is 1.73. The fourth-order valence-corrected chi connectivity index (χ4v) is 4.58. The summed E-state index contributed by atoms with van der Waals surface area (Å²) in [6.07, 6.45) is 0.872. The van der Waals surface area contributed by atoms with Gasteiger partial charge in [0.2, 0.25) is 10.0 Å². The number of amides is 1. The van der Waals surface area contributed by atoms with Crippen LogP contribution in [0.4, 0.5) is 0 Å². The molecule has 2 heterocycles. The van der Waals surface area contributed by atoms with Crippen LogP contribution in [0.25, 0.3) is 0 Å². The van der Waals surface area contributed by atoms with Crippen molar-refractivity contribution in [3.63, 3.8) is 0 Å². The van der Waals surface area contributed by atoms with E-state index in [1.54, 1.807) is 17.0 Å². The van der Waals surface area contributed by atoms with Gasteiger partial charge in [0.1, 0.15) is 0 Å². The zero-order chi connectivity index (χ0) is 18.6. The van der Waals surface area contributed by atoms with Crippen LogP contribution in [0.15, 0.2) is 46.7 Å². The Kier molecular flexibility index (Phi) is 6.08. The Morgan fingerprint density at radius 1 is 1.35 bits per heavy atom. The van der Waals surface area contributed by atoms with Crippen molar-refractivity contribution in [3.8, 4) is 0 Å². The SMILES string of the molecule is CCC1CN(C(=O)c2cccc(S(=O)(=O)NCc3cccs3)c2)CCO1. The van der Waals surface area contributed by atoms with Gasteiger partial charge in [-0.2, -0.15) is 0 Å². The van der Waals surface area contributed by atoms with Gasteiger partial charge in [0.25, 0.3) is 5.91 Å². The maximum absolute atomic E-state index is 12.7. The van der Waals surface area contributed by atoms with Gasteiger partial charge in [-0.3, -0.25) is 4.79 Å². The zero-order valence-electron chi connectivity index (χ0n) is 14.6. The average Bonchev–Trinajstić information content (AvgIpc) is 3.20. The van der Waals surface area contributed by atoms with Crippen molar-refractivity contribution in [2.45, 2.75) is 30.9 Å². The molecule has 2 aromatic rings. The number of carbonyl (C=O) groups excluding carboxylic acids is 1. The van der Waals surface area contributed by atoms with Crippen LogP contribution in [0.5, 0.6) is 0 Å². The minimum atomic E-state index is -3.68. The second kappa shape index (κ2) is 8.30. The fourth-order valence-electron chi connectivity index (χ4n) is 2.79. The molecule has 26 heavy (non-hydrogen) atoms. The third-order valence-electron chi connectivity index (χ3n) is 4.29. The quantitative estimate of drug-likeness (QED) is 0.817. The van der Waals surface area contributed by atoms with Gasteiger partial charge in [-0.25, -0.2) is 13.1 Å². The van der Waals surface area contributed by atoms with E-state index in [1.165, 1.54) is 23.5 Å². The van der Waals surface area contributed by atoms with Crippen molar-refractivity contribution >= 4 is 27.3 Å². The number of rotatable bonds is 6. The van der Waals surface area contributed by atoms with E-state index in [9.17, 15) is 13.2 Å². The molecular formula is C18H22N2O4S2. The van der Waals surface area contributed by atoms with Crippen LogP contribution in [0.2, 0.25) is 0 Å². The monoisotopic (exact) mass is 394 g/mol. The lowest BCUT2D eigenvalue weighted by atomic mass is 10.1. The number of hydrogen-bond acceptors (Lipinski definition) is 5. The number of carbonyl (C=O) groups is 1. The molecule has 1 fully saturated rings. The summed E-state index contributed by atoms with van der Waals surface area (Å²) < 4.78 is 33.2. The first-order valence-electron chi connectivity index (χ1n) is 8.52. The van der Waals surface area contributed by atoms with Gasteiger partial charge in [-0.15, -0.1) is 11.3 Å². The van der Waals surface area contributed by atoms with Crippen LogP contribution in [-0.2, 0) is 21.3 Å². The molecular weight excluding hydrogens is 372 g/mol. The number of benzene rings is 1. The molecule has 0 bridgehead atoms. The third kappa shape index (κ3) is 4.50. The summed E-state index contributed by atoms with van der Waals surface area (Å²) in [5.74, 6) is -0.165. The standard InChI is InChI=1S/C18H22N2O4S2/c1-2-15-13-20(8-9-24-15)18(21)14-5-3-7-17(11-14)26(22,23)19-12-16-6-4-10-25-16/h3-7,10-11,15,19H,2,8-9,12-13H2,1H3. The summed E-state index contributed by atoms with van der Waals surface area (Å²) in [4.78, 5) is 15.5. The molecule has 8 heteroatoms. The lowest BCUT2D eigenvalue weighted by Crippen LogP contribution is -2.45. The highest BCUT2D eigenvalue weighted by molar-refractivity contribution is 7.89. The molecule has 1 aliphatic rings. The second-order valence-corrected chi connectivity index (χ2v) is 8.88. The summed E-state index contributed by atoms with van der Waals surface area (Å²) in [6, 6.07) is 9.94. The Morgan fingerprint density at radius 2 is 2.19 bits per heavy atom. The molecule has 6 nitrogen and oxygen atoms in total. The van der Waals surface area contributed by atoms with E-state index >= 15 is 0 Å². The number of nitrogens with zero attached hydrogens (tertiary/aromatic N) is 1. The van der Waals surface area contributed by atoms with E-state index in [1.807, 2.05) is 24.4 Å². The molecule has 1 aliphatic heterocycles. The van der Waals surface area contributed by atoms with Crippen molar-refractivity contribution < 1.29 is 17.9 Å². The van der Waals surface area contributed by atoms with Crippen molar-refractivity contribution in [2.75, 3.05) is 19.7 Å². The first kappa shape index (κ1) is 19.0. The van der Waals surface area contributed by atoms with Crippen molar-refractivity contribution in [3.05, 3.63) is 52.2 Å². The molecule has 1 aromatic heterocycles. The molecule has 3 rings (SSSR count). The van der Waals surface area contributed by atoms with Crippen LogP contribution >= 0.6 is 11.3 Å². The van der Waals surface area contributed by atoms with Gasteiger partial charge >= 0.3 is 0 Å². The maximum Gasteiger partial charge on any atom is 0.254 e. The molecule has 1 aromatic carbocycles. The Morgan fingerprint density at radius 3 is 2.92 bits per heavy atom. The Hall–Kier alpha value is -1.74. The van der Waals surface area contributed by atoms with E-state index < -0.39 is 10.0 Å². The van der Waals surface area contributed by atoms with Crippen LogP contribution < -0.4 is 4.72 Å². The number of nitrogens with one attached hydrogen (secondary N) is 1. The minimum absolute atomic E-state index is 0.0343. The average molecular weight is 395 g/mol. The van der Waals surface area contributed by atoms with Crippen LogP contribution in [-0.4, -0.2) is 45.0 Å². The van der Waals surface area contributed by atoms with E-state index in [0.29, 0.717) is 25.3 Å². The molecule has 1 amide bonds. The first-order chi connectivity index (χ1) is 12.5. The lowest BCUT2D eigenvalue weighted by Gasteiger charge is -2.32. The van der Waals surface area contributed by atoms with E-state index in [-0.39, 0.29) is 23.5 Å². The minimum Gasteiger partial charge on any atom is -0.375 e. The van der Waals surface area contributed by atoms with E-state index in [2.05, 4.69) is 4.72 Å². The van der Waals surface area contributed by atoms with Crippen molar-refractivity contribution in [2.24, 2.45) is 0 Å². The number of hydrogen-bond donors (Lipinski definition) is 1. The second-order valence-electron chi connectivity index (χ2n) is 6.08. The largest absolute Gasteiger partial charge is 0.375 e. The molecule has 0 aliphatic carbocycles. The lowest BCUT2D eigenvalue weighted by molar-refractivity contribution is -0.0226. The van der Waals surface area contributed by atoms with Crippen molar-refractivity contribution in [1.29, 1.82) is 0 Å². The topological polar surface area (TPSA) is 75.7 Å². The van der Waals surface area contributed by atoms with E-state index in [0.717, 1.165) is 11.3 Å². The smallest absolute Gasteiger partial charge is 0.254 e. The Labute approximate surface area is 157 Å². The molecule has 1 N–H and O–H groups in total. The third-order valence-corrected chi connectivity index (χ3v) is 6.56. The van der Waals surface area contributed by atoms with Crippen LogP contribution in [0.1, 0.15) is 28.6 Å². The Bertz CT molecular complexity index is 850. The molecule has 140 valence electrons. The highest BCUT2D eigenvalue weighted by Gasteiger charge is 2.25. The van der Waals surface area contributed by atoms with Gasteiger partial charge < -0.3 is 9.64 Å². The van der Waals surface area contributed by atoms with Gasteiger partial charge in [-0.1, -0.05) is 19.1 Å². The zero-order valence-corrected chi connectivity index (χ0v) is 16.2. The number of morpholine rings is 1. The molecule has 0 radical (unpaired) electrons. The molecule has 0 saturated carbocycles. The normalized spacial score (nSPS) is 18.0. The molecule has 1 unspecified atom stereocenters. The predicted octanol–water partition coefficient (Wildman–Crippen LogP) is 2.48. The van der Waals surface area contributed by atoms with Gasteiger partial charge in [0, 0.05) is 30.1 Å². The number of sulfonamides is 1. The number of ether oxygens (including phenoxy) is 1. The fraction of sp³-hybridized carbons (Fsp3) is 0.389. The van der Waals surface area contributed by atoms with E-state index in [4.69, 9.17) is 4.74 Å². The van der Waals surface area contributed by atoms with Gasteiger partial charge in [0.05, 0.1) is 17.6 Å². The van der Waals surface area contributed by atoms with Gasteiger partial charge in [-0.05, 0) is 36.1 Å². The highest BCUT2D eigenvalue weighted by Crippen LogP contribution is 2.17. The van der Waals surface area contributed by atoms with Crippen molar-refractivity contribution in [1.82, 2.24) is 9.62 Å².